The summed E-state index contributed by atoms with van der Waals surface area (Å²) in [4.78, 5) is 37.5. The van der Waals surface area contributed by atoms with Crippen LogP contribution in [-0.4, -0.2) is 31.0 Å². The monoisotopic (exact) mass is 522 g/mol. The average molecular weight is 523 g/mol. The fourth-order valence-corrected chi connectivity index (χ4v) is 3.52. The van der Waals surface area contributed by atoms with Crippen LogP contribution in [0.4, 0.5) is 11.4 Å². The summed E-state index contributed by atoms with van der Waals surface area (Å²) in [5.41, 5.74) is 4.80. The fourth-order valence-electron chi connectivity index (χ4n) is 3.52. The van der Waals surface area contributed by atoms with Gasteiger partial charge in [0.05, 0.1) is 24.6 Å². The maximum absolute atomic E-state index is 12.7. The highest BCUT2D eigenvalue weighted by molar-refractivity contribution is 6.40. The van der Waals surface area contributed by atoms with Gasteiger partial charge in [-0.3, -0.25) is 14.4 Å². The Morgan fingerprint density at radius 2 is 1.46 bits per heavy atom. The van der Waals surface area contributed by atoms with E-state index >= 15 is 0 Å². The van der Waals surface area contributed by atoms with Crippen LogP contribution in [0.5, 0.6) is 11.5 Å². The summed E-state index contributed by atoms with van der Waals surface area (Å²) in [7, 11) is 1.52. The van der Waals surface area contributed by atoms with Gasteiger partial charge >= 0.3 is 11.8 Å². The number of methoxy groups -OCH3 is 1. The van der Waals surface area contributed by atoms with Gasteiger partial charge in [-0.05, 0) is 53.6 Å². The highest BCUT2D eigenvalue weighted by atomic mass is 16.5. The summed E-state index contributed by atoms with van der Waals surface area (Å²) in [6.45, 7) is 0.382. The van der Waals surface area contributed by atoms with Gasteiger partial charge in [-0.15, -0.1) is 0 Å². The number of hydrazone groups is 1. The predicted octanol–water partition coefficient (Wildman–Crippen LogP) is 4.62. The van der Waals surface area contributed by atoms with Crippen LogP contribution in [0.2, 0.25) is 0 Å². The maximum Gasteiger partial charge on any atom is 0.329 e. The molecule has 4 aromatic rings. The van der Waals surface area contributed by atoms with Crippen LogP contribution < -0.4 is 25.5 Å². The summed E-state index contributed by atoms with van der Waals surface area (Å²) in [5.74, 6) is -1.37. The molecule has 9 nitrogen and oxygen atoms in total. The Morgan fingerprint density at radius 1 is 0.769 bits per heavy atom. The Kier molecular flexibility index (Phi) is 9.01. The largest absolute Gasteiger partial charge is 0.493 e. The number of nitrogens with one attached hydrogen (secondary N) is 3. The minimum atomic E-state index is -1.00. The van der Waals surface area contributed by atoms with Crippen molar-refractivity contribution >= 4 is 35.3 Å². The molecule has 0 heterocycles. The van der Waals surface area contributed by atoms with Crippen molar-refractivity contribution in [1.82, 2.24) is 5.43 Å². The zero-order valence-electron chi connectivity index (χ0n) is 21.1. The first-order chi connectivity index (χ1) is 19.0. The van der Waals surface area contributed by atoms with Gasteiger partial charge < -0.3 is 20.1 Å². The second-order valence-electron chi connectivity index (χ2n) is 8.20. The number of hydrogen-bond donors (Lipinski definition) is 3. The number of nitrogens with zero attached hydrogens (tertiary/aromatic N) is 1. The zero-order chi connectivity index (χ0) is 27.5. The minimum absolute atomic E-state index is 0.186. The highest BCUT2D eigenvalue weighted by Gasteiger charge is 2.18. The molecule has 0 saturated heterocycles. The second kappa shape index (κ2) is 13.2. The first-order valence-electron chi connectivity index (χ1n) is 12.0. The number of carbonyl (C=O) groups excluding carboxylic acids is 3. The van der Waals surface area contributed by atoms with Crippen LogP contribution in [-0.2, 0) is 16.2 Å². The molecule has 0 aliphatic carbocycles. The predicted molar refractivity (Wildman–Crippen MR) is 149 cm³/mol. The van der Waals surface area contributed by atoms with Gasteiger partial charge in [-0.1, -0.05) is 60.7 Å². The van der Waals surface area contributed by atoms with Gasteiger partial charge in [0, 0.05) is 5.69 Å². The average Bonchev–Trinajstić information content (AvgIpc) is 2.97. The highest BCUT2D eigenvalue weighted by Crippen LogP contribution is 2.28. The van der Waals surface area contributed by atoms with Gasteiger partial charge in [0.15, 0.2) is 11.5 Å². The number of amides is 3. The first-order valence-corrected chi connectivity index (χ1v) is 12.0. The molecule has 0 aromatic heterocycles. The van der Waals surface area contributed by atoms with E-state index in [4.69, 9.17) is 9.47 Å². The van der Waals surface area contributed by atoms with E-state index in [1.807, 2.05) is 36.4 Å². The molecule has 0 aliphatic heterocycles. The lowest BCUT2D eigenvalue weighted by Crippen LogP contribution is -2.33. The van der Waals surface area contributed by atoms with Crippen LogP contribution in [0.3, 0.4) is 0 Å². The van der Waals surface area contributed by atoms with Crippen molar-refractivity contribution < 1.29 is 23.9 Å². The van der Waals surface area contributed by atoms with Gasteiger partial charge in [-0.2, -0.15) is 5.10 Å². The number of carbonyl (C=O) groups is 3. The van der Waals surface area contributed by atoms with E-state index in [2.05, 4.69) is 21.2 Å². The van der Waals surface area contributed by atoms with Gasteiger partial charge in [-0.25, -0.2) is 5.43 Å². The smallest absolute Gasteiger partial charge is 0.329 e. The number of rotatable bonds is 9. The quantitative estimate of drug-likeness (QED) is 0.169. The summed E-state index contributed by atoms with van der Waals surface area (Å²) in [6.07, 6.45) is 1.37. The molecule has 3 N–H and O–H groups in total. The van der Waals surface area contributed by atoms with Crippen LogP contribution in [0, 0.1) is 0 Å². The van der Waals surface area contributed by atoms with E-state index in [-0.39, 0.29) is 11.3 Å². The van der Waals surface area contributed by atoms with Crippen LogP contribution >= 0.6 is 0 Å². The van der Waals surface area contributed by atoms with Crippen LogP contribution in [0.15, 0.2) is 108 Å². The number of ether oxygens (including phenoxy) is 2. The standard InChI is InChI=1S/C30H26N4O5/c1-38-27-18-22(16-17-26(27)39-20-21-10-4-2-5-11-21)19-31-34-30(37)29(36)33-25-15-9-8-14-24(25)28(35)32-23-12-6-3-7-13-23/h2-19H,20H2,1H3,(H,32,35)(H,33,36)(H,34,37)/b31-19-. The molecule has 0 unspecified atom stereocenters. The SMILES string of the molecule is COc1cc(/C=N\NC(=O)C(=O)Nc2ccccc2C(=O)Nc2ccccc2)ccc1OCc1ccccc1. The Balaban J connectivity index is 1.34. The molecule has 39 heavy (non-hydrogen) atoms. The lowest BCUT2D eigenvalue weighted by atomic mass is 10.1. The van der Waals surface area contributed by atoms with E-state index in [1.54, 1.807) is 60.7 Å². The number of para-hydroxylation sites is 2. The van der Waals surface area contributed by atoms with E-state index in [1.165, 1.54) is 19.4 Å². The molecule has 4 rings (SSSR count). The molecule has 0 bridgehead atoms. The number of anilines is 2. The van der Waals surface area contributed by atoms with Crippen molar-refractivity contribution in [2.24, 2.45) is 5.10 Å². The Bertz CT molecular complexity index is 1470. The van der Waals surface area contributed by atoms with Gasteiger partial charge in [0.2, 0.25) is 0 Å². The van der Waals surface area contributed by atoms with E-state index in [9.17, 15) is 14.4 Å². The molecular formula is C30H26N4O5. The second-order valence-corrected chi connectivity index (χ2v) is 8.20. The van der Waals surface area contributed by atoms with Gasteiger partial charge in [0.25, 0.3) is 5.91 Å². The number of hydrogen-bond acceptors (Lipinski definition) is 6. The van der Waals surface area contributed by atoms with Crippen LogP contribution in [0.25, 0.3) is 0 Å². The first kappa shape index (κ1) is 26.6. The van der Waals surface area contributed by atoms with Crippen molar-refractivity contribution in [2.75, 3.05) is 17.7 Å². The minimum Gasteiger partial charge on any atom is -0.493 e. The molecule has 0 aliphatic rings. The molecule has 9 heteroatoms. The topological polar surface area (TPSA) is 118 Å². The van der Waals surface area contributed by atoms with E-state index < -0.39 is 17.7 Å². The summed E-state index contributed by atoms with van der Waals surface area (Å²) in [6, 6.07) is 30.2. The van der Waals surface area contributed by atoms with Crippen molar-refractivity contribution in [3.63, 3.8) is 0 Å². The molecular weight excluding hydrogens is 496 g/mol. The third-order valence-electron chi connectivity index (χ3n) is 5.46. The Morgan fingerprint density at radius 3 is 2.21 bits per heavy atom. The fraction of sp³-hybridized carbons (Fsp3) is 0.0667. The van der Waals surface area contributed by atoms with E-state index in [0.29, 0.717) is 29.4 Å². The Labute approximate surface area is 225 Å². The molecule has 0 atom stereocenters. The van der Waals surface area contributed by atoms with Gasteiger partial charge in [0.1, 0.15) is 6.61 Å². The normalized spacial score (nSPS) is 10.5. The Hall–Kier alpha value is -5.44. The maximum atomic E-state index is 12.7. The third-order valence-corrected chi connectivity index (χ3v) is 5.46. The molecule has 0 radical (unpaired) electrons. The lowest BCUT2D eigenvalue weighted by molar-refractivity contribution is -0.136. The third kappa shape index (κ3) is 7.53. The molecule has 0 saturated carbocycles. The molecule has 0 fully saturated rings. The van der Waals surface area contributed by atoms with Crippen LogP contribution in [0.1, 0.15) is 21.5 Å². The van der Waals surface area contributed by atoms with Crippen molar-refractivity contribution in [2.45, 2.75) is 6.61 Å². The van der Waals surface area contributed by atoms with E-state index in [0.717, 1.165) is 5.56 Å². The summed E-state index contributed by atoms with van der Waals surface area (Å²) in [5, 5.41) is 9.06. The summed E-state index contributed by atoms with van der Waals surface area (Å²) < 4.78 is 11.2. The summed E-state index contributed by atoms with van der Waals surface area (Å²) >= 11 is 0. The van der Waals surface area contributed by atoms with Crippen molar-refractivity contribution in [1.29, 1.82) is 0 Å². The number of benzene rings is 4. The van der Waals surface area contributed by atoms with Crippen molar-refractivity contribution in [3.05, 3.63) is 120 Å². The van der Waals surface area contributed by atoms with Crippen molar-refractivity contribution in [3.8, 4) is 11.5 Å². The zero-order valence-corrected chi connectivity index (χ0v) is 21.1. The lowest BCUT2D eigenvalue weighted by Gasteiger charge is -2.11. The molecule has 0 spiro atoms. The molecule has 4 aromatic carbocycles. The molecule has 196 valence electrons. The molecule has 3 amide bonds.